The number of Topliss-reactive ketones (excluding diaryl/α,β-unsaturated/α-hetero) is 1. The molecule has 2 aliphatic heterocycles. The maximum atomic E-state index is 11.8. The second kappa shape index (κ2) is 5.32. The van der Waals surface area contributed by atoms with Crippen LogP contribution in [0.15, 0.2) is 0 Å². The SMILES string of the molecule is CCC1CCCC(N2C3CCCC2CC(=O)C3)C1. The lowest BCUT2D eigenvalue weighted by molar-refractivity contribution is -0.129. The van der Waals surface area contributed by atoms with Crippen LogP contribution in [-0.4, -0.2) is 28.8 Å². The molecule has 0 aromatic rings. The van der Waals surface area contributed by atoms with E-state index in [4.69, 9.17) is 0 Å². The molecular formula is C16H27NO. The molecular weight excluding hydrogens is 222 g/mol. The van der Waals surface area contributed by atoms with Crippen molar-refractivity contribution >= 4 is 5.78 Å². The fourth-order valence-electron chi connectivity index (χ4n) is 4.71. The molecule has 0 aromatic carbocycles. The predicted molar refractivity (Wildman–Crippen MR) is 73.5 cm³/mol. The van der Waals surface area contributed by atoms with Gasteiger partial charge in [-0.25, -0.2) is 0 Å². The van der Waals surface area contributed by atoms with Gasteiger partial charge in [0.15, 0.2) is 0 Å². The van der Waals surface area contributed by atoms with Crippen LogP contribution in [0.2, 0.25) is 0 Å². The highest BCUT2D eigenvalue weighted by atomic mass is 16.1. The summed E-state index contributed by atoms with van der Waals surface area (Å²) in [6, 6.07) is 2.00. The van der Waals surface area contributed by atoms with E-state index in [2.05, 4.69) is 11.8 Å². The first kappa shape index (κ1) is 12.7. The zero-order valence-electron chi connectivity index (χ0n) is 11.7. The van der Waals surface area contributed by atoms with Crippen molar-refractivity contribution in [2.75, 3.05) is 0 Å². The first-order chi connectivity index (χ1) is 8.78. The summed E-state index contributed by atoms with van der Waals surface area (Å²) in [6.07, 6.45) is 12.6. The Kier molecular flexibility index (Phi) is 3.74. The summed E-state index contributed by atoms with van der Waals surface area (Å²) in [7, 11) is 0. The van der Waals surface area contributed by atoms with Gasteiger partial charge in [0, 0.05) is 31.0 Å². The number of carbonyl (C=O) groups excluding carboxylic acids is 1. The Labute approximate surface area is 111 Å². The van der Waals surface area contributed by atoms with Crippen LogP contribution in [-0.2, 0) is 4.79 Å². The smallest absolute Gasteiger partial charge is 0.136 e. The minimum atomic E-state index is 0.531. The molecule has 2 bridgehead atoms. The lowest BCUT2D eigenvalue weighted by atomic mass is 9.77. The standard InChI is InChI=1S/C16H27NO/c1-2-12-5-3-6-13(9-12)17-14-7-4-8-15(17)11-16(18)10-14/h12-15H,2-11H2,1H3. The highest BCUT2D eigenvalue weighted by molar-refractivity contribution is 5.80. The van der Waals surface area contributed by atoms with Crippen LogP contribution < -0.4 is 0 Å². The minimum Gasteiger partial charge on any atom is -0.300 e. The molecule has 1 aliphatic carbocycles. The van der Waals surface area contributed by atoms with Crippen molar-refractivity contribution in [3.8, 4) is 0 Å². The summed E-state index contributed by atoms with van der Waals surface area (Å²) < 4.78 is 0. The summed E-state index contributed by atoms with van der Waals surface area (Å²) in [4.78, 5) is 14.6. The van der Waals surface area contributed by atoms with E-state index in [0.29, 0.717) is 17.9 Å². The van der Waals surface area contributed by atoms with Crippen LogP contribution in [0.25, 0.3) is 0 Å². The Morgan fingerprint density at radius 2 is 1.61 bits per heavy atom. The van der Waals surface area contributed by atoms with Crippen molar-refractivity contribution in [3.05, 3.63) is 0 Å². The molecule has 2 heteroatoms. The molecule has 0 amide bonds. The molecule has 0 aromatic heterocycles. The number of carbonyl (C=O) groups is 1. The van der Waals surface area contributed by atoms with Gasteiger partial charge in [-0.15, -0.1) is 0 Å². The zero-order valence-corrected chi connectivity index (χ0v) is 11.7. The van der Waals surface area contributed by atoms with E-state index in [9.17, 15) is 4.79 Å². The van der Waals surface area contributed by atoms with Crippen LogP contribution in [0, 0.1) is 5.92 Å². The number of hydrogen-bond acceptors (Lipinski definition) is 2. The second-order valence-electron chi connectivity index (χ2n) is 6.73. The highest BCUT2D eigenvalue weighted by Crippen LogP contribution is 2.39. The van der Waals surface area contributed by atoms with E-state index in [1.807, 2.05) is 0 Å². The van der Waals surface area contributed by atoms with E-state index in [1.165, 1.54) is 51.4 Å². The maximum Gasteiger partial charge on any atom is 0.136 e. The summed E-state index contributed by atoms with van der Waals surface area (Å²) in [5.74, 6) is 1.48. The zero-order chi connectivity index (χ0) is 12.5. The Bertz CT molecular complexity index is 298. The molecule has 0 radical (unpaired) electrons. The average molecular weight is 249 g/mol. The van der Waals surface area contributed by atoms with Crippen molar-refractivity contribution < 1.29 is 4.79 Å². The van der Waals surface area contributed by atoms with Crippen LogP contribution >= 0.6 is 0 Å². The van der Waals surface area contributed by atoms with Gasteiger partial charge >= 0.3 is 0 Å². The quantitative estimate of drug-likeness (QED) is 0.746. The van der Waals surface area contributed by atoms with Crippen LogP contribution in [0.1, 0.15) is 71.1 Å². The van der Waals surface area contributed by atoms with E-state index in [1.54, 1.807) is 0 Å². The predicted octanol–water partition coefficient (Wildman–Crippen LogP) is 3.54. The number of ketones is 1. The maximum absolute atomic E-state index is 11.8. The molecule has 3 fully saturated rings. The third-order valence-electron chi connectivity index (χ3n) is 5.60. The molecule has 3 rings (SSSR count). The number of fused-ring (bicyclic) bond motifs is 2. The average Bonchev–Trinajstić information content (AvgIpc) is 2.37. The Morgan fingerprint density at radius 3 is 2.28 bits per heavy atom. The lowest BCUT2D eigenvalue weighted by Gasteiger charge is -2.51. The Morgan fingerprint density at radius 1 is 1.00 bits per heavy atom. The summed E-state index contributed by atoms with van der Waals surface area (Å²) in [6.45, 7) is 2.34. The van der Waals surface area contributed by atoms with Gasteiger partial charge in [0.05, 0.1) is 0 Å². The van der Waals surface area contributed by atoms with E-state index >= 15 is 0 Å². The molecule has 1 saturated carbocycles. The van der Waals surface area contributed by atoms with Crippen molar-refractivity contribution in [3.63, 3.8) is 0 Å². The lowest BCUT2D eigenvalue weighted by Crippen LogP contribution is -2.57. The molecule has 4 atom stereocenters. The van der Waals surface area contributed by atoms with Gasteiger partial charge < -0.3 is 0 Å². The third-order valence-corrected chi connectivity index (χ3v) is 5.60. The molecule has 3 aliphatic rings. The Balaban J connectivity index is 1.72. The molecule has 102 valence electrons. The molecule has 4 unspecified atom stereocenters. The summed E-state index contributed by atoms with van der Waals surface area (Å²) in [5, 5.41) is 0. The van der Waals surface area contributed by atoms with Gasteiger partial charge in [-0.2, -0.15) is 0 Å². The topological polar surface area (TPSA) is 20.3 Å². The van der Waals surface area contributed by atoms with Crippen molar-refractivity contribution in [2.45, 2.75) is 89.3 Å². The monoisotopic (exact) mass is 249 g/mol. The third kappa shape index (κ3) is 2.36. The van der Waals surface area contributed by atoms with E-state index in [0.717, 1.165) is 24.8 Å². The van der Waals surface area contributed by atoms with E-state index in [-0.39, 0.29) is 0 Å². The molecule has 2 heterocycles. The summed E-state index contributed by atoms with van der Waals surface area (Å²) in [5.41, 5.74) is 0. The first-order valence-electron chi connectivity index (χ1n) is 8.07. The number of piperidine rings is 2. The molecule has 0 spiro atoms. The first-order valence-corrected chi connectivity index (χ1v) is 8.07. The van der Waals surface area contributed by atoms with Gasteiger partial charge in [0.25, 0.3) is 0 Å². The van der Waals surface area contributed by atoms with Gasteiger partial charge in [-0.05, 0) is 31.6 Å². The van der Waals surface area contributed by atoms with Crippen molar-refractivity contribution in [1.29, 1.82) is 0 Å². The highest BCUT2D eigenvalue weighted by Gasteiger charge is 2.41. The number of nitrogens with zero attached hydrogens (tertiary/aromatic N) is 1. The minimum absolute atomic E-state index is 0.531. The molecule has 2 nitrogen and oxygen atoms in total. The van der Waals surface area contributed by atoms with Gasteiger partial charge in [-0.3, -0.25) is 9.69 Å². The van der Waals surface area contributed by atoms with Crippen molar-refractivity contribution in [2.24, 2.45) is 5.92 Å². The van der Waals surface area contributed by atoms with Crippen LogP contribution in [0.5, 0.6) is 0 Å². The fourth-order valence-corrected chi connectivity index (χ4v) is 4.71. The number of hydrogen-bond donors (Lipinski definition) is 0. The normalized spacial score (nSPS) is 41.9. The van der Waals surface area contributed by atoms with Crippen LogP contribution in [0.4, 0.5) is 0 Å². The van der Waals surface area contributed by atoms with Gasteiger partial charge in [0.1, 0.15) is 5.78 Å². The van der Waals surface area contributed by atoms with Gasteiger partial charge in [-0.1, -0.05) is 32.6 Å². The molecule has 2 saturated heterocycles. The molecule has 0 N–H and O–H groups in total. The van der Waals surface area contributed by atoms with Gasteiger partial charge in [0.2, 0.25) is 0 Å². The van der Waals surface area contributed by atoms with Crippen LogP contribution in [0.3, 0.4) is 0 Å². The fraction of sp³-hybridized carbons (Fsp3) is 0.938. The van der Waals surface area contributed by atoms with Crippen molar-refractivity contribution in [1.82, 2.24) is 4.90 Å². The molecule has 18 heavy (non-hydrogen) atoms. The Hall–Kier alpha value is -0.370. The second-order valence-corrected chi connectivity index (χ2v) is 6.73. The van der Waals surface area contributed by atoms with E-state index < -0.39 is 0 Å². The summed E-state index contributed by atoms with van der Waals surface area (Å²) >= 11 is 0. The number of rotatable bonds is 2. The largest absolute Gasteiger partial charge is 0.300 e.